The van der Waals surface area contributed by atoms with Crippen LogP contribution in [-0.4, -0.2) is 13.0 Å². The van der Waals surface area contributed by atoms with E-state index in [1.54, 1.807) is 7.11 Å². The molecule has 0 aliphatic carbocycles. The zero-order chi connectivity index (χ0) is 16.4. The van der Waals surface area contributed by atoms with Gasteiger partial charge in [0.25, 0.3) is 5.91 Å². The van der Waals surface area contributed by atoms with Gasteiger partial charge in [0.2, 0.25) is 0 Å². The van der Waals surface area contributed by atoms with Gasteiger partial charge in [0.15, 0.2) is 0 Å². The van der Waals surface area contributed by atoms with E-state index < -0.39 is 0 Å². The highest BCUT2D eigenvalue weighted by Crippen LogP contribution is 2.26. The Balaban J connectivity index is 1.90. The second-order valence-corrected chi connectivity index (χ2v) is 5.54. The van der Waals surface area contributed by atoms with Crippen LogP contribution in [0.15, 0.2) is 52.9 Å². The summed E-state index contributed by atoms with van der Waals surface area (Å²) in [6, 6.07) is 15.2. The molecule has 118 valence electrons. The highest BCUT2D eigenvalue weighted by Gasteiger charge is 2.18. The number of benzene rings is 2. The molecule has 3 rings (SSSR count). The Morgan fingerprint density at radius 1 is 1.13 bits per heavy atom. The maximum Gasteiger partial charge on any atom is 0.255 e. The van der Waals surface area contributed by atoms with Gasteiger partial charge >= 0.3 is 0 Å². The molecule has 1 aromatic heterocycles. The Bertz CT molecular complexity index is 851. The molecule has 0 aliphatic rings. The van der Waals surface area contributed by atoms with Crippen LogP contribution >= 0.6 is 0 Å². The highest BCUT2D eigenvalue weighted by atomic mass is 16.5. The quantitative estimate of drug-likeness (QED) is 0.784. The minimum absolute atomic E-state index is 0.186. The molecule has 0 fully saturated rings. The van der Waals surface area contributed by atoms with Crippen molar-refractivity contribution in [3.63, 3.8) is 0 Å². The maximum absolute atomic E-state index is 12.6. The zero-order valence-corrected chi connectivity index (χ0v) is 13.4. The number of rotatable bonds is 4. The Morgan fingerprint density at radius 3 is 2.43 bits per heavy atom. The summed E-state index contributed by atoms with van der Waals surface area (Å²) in [4.78, 5) is 12.6. The summed E-state index contributed by atoms with van der Waals surface area (Å²) in [6.45, 7) is 3.77. The largest absolute Gasteiger partial charge is 0.496 e. The lowest BCUT2D eigenvalue weighted by molar-refractivity contribution is 0.0932. The zero-order valence-electron chi connectivity index (χ0n) is 13.4. The minimum atomic E-state index is -0.215. The van der Waals surface area contributed by atoms with Gasteiger partial charge in [-0.25, -0.2) is 0 Å². The van der Waals surface area contributed by atoms with Gasteiger partial charge in [0.05, 0.1) is 18.7 Å². The van der Waals surface area contributed by atoms with Gasteiger partial charge in [-0.15, -0.1) is 0 Å². The number of fused-ring (bicyclic) bond motifs is 1. The first-order valence-electron chi connectivity index (χ1n) is 7.52. The standard InChI is InChI=1S/C19H19NO3/c1-12-8-9-17(23-12)13(2)20-19(21)16-10-14-6-4-5-7-15(14)11-18(16)22-3/h4-11,13H,1-3H3,(H,20,21)/t13-/m0/s1. The first-order valence-corrected chi connectivity index (χ1v) is 7.52. The van der Waals surface area contributed by atoms with Crippen molar-refractivity contribution in [1.29, 1.82) is 0 Å². The van der Waals surface area contributed by atoms with E-state index >= 15 is 0 Å². The van der Waals surface area contributed by atoms with Crippen molar-refractivity contribution in [3.8, 4) is 5.75 Å². The summed E-state index contributed by atoms with van der Waals surface area (Å²) in [7, 11) is 1.57. The van der Waals surface area contributed by atoms with Crippen molar-refractivity contribution < 1.29 is 13.9 Å². The first-order chi connectivity index (χ1) is 11.1. The van der Waals surface area contributed by atoms with Crippen LogP contribution in [0, 0.1) is 6.92 Å². The molecule has 4 heteroatoms. The number of furan rings is 1. The van der Waals surface area contributed by atoms with E-state index in [0.29, 0.717) is 11.3 Å². The average molecular weight is 309 g/mol. The van der Waals surface area contributed by atoms with Crippen molar-refractivity contribution in [2.24, 2.45) is 0 Å². The summed E-state index contributed by atoms with van der Waals surface area (Å²) in [6.07, 6.45) is 0. The predicted octanol–water partition coefficient (Wildman–Crippen LogP) is 4.24. The fourth-order valence-corrected chi connectivity index (χ4v) is 2.60. The van der Waals surface area contributed by atoms with Crippen LogP contribution in [0.3, 0.4) is 0 Å². The molecular weight excluding hydrogens is 290 g/mol. The normalized spacial score (nSPS) is 12.1. The van der Waals surface area contributed by atoms with E-state index in [9.17, 15) is 4.79 Å². The van der Waals surface area contributed by atoms with Crippen LogP contribution in [0.4, 0.5) is 0 Å². The van der Waals surface area contributed by atoms with Gasteiger partial charge in [0, 0.05) is 0 Å². The van der Waals surface area contributed by atoms with Gasteiger partial charge in [0.1, 0.15) is 17.3 Å². The fraction of sp³-hybridized carbons (Fsp3) is 0.211. The molecule has 0 bridgehead atoms. The molecule has 0 saturated heterocycles. The molecule has 1 amide bonds. The van der Waals surface area contributed by atoms with E-state index in [-0.39, 0.29) is 11.9 Å². The number of methoxy groups -OCH3 is 1. The summed E-state index contributed by atoms with van der Waals surface area (Å²) in [5.41, 5.74) is 0.515. The third-order valence-electron chi connectivity index (χ3n) is 3.85. The highest BCUT2D eigenvalue weighted by molar-refractivity contribution is 6.01. The molecule has 4 nitrogen and oxygen atoms in total. The number of hydrogen-bond acceptors (Lipinski definition) is 3. The van der Waals surface area contributed by atoms with E-state index in [1.165, 1.54) is 0 Å². The van der Waals surface area contributed by atoms with Crippen LogP contribution in [0.1, 0.15) is 34.8 Å². The lowest BCUT2D eigenvalue weighted by Crippen LogP contribution is -2.26. The first kappa shape index (κ1) is 15.2. The maximum atomic E-state index is 12.6. The Hall–Kier alpha value is -2.75. The third kappa shape index (κ3) is 3.06. The topological polar surface area (TPSA) is 51.5 Å². The Labute approximate surface area is 135 Å². The van der Waals surface area contributed by atoms with Gasteiger partial charge in [-0.3, -0.25) is 4.79 Å². The van der Waals surface area contributed by atoms with Crippen molar-refractivity contribution in [1.82, 2.24) is 5.32 Å². The summed E-state index contributed by atoms with van der Waals surface area (Å²) < 4.78 is 10.9. The van der Waals surface area contributed by atoms with Crippen molar-refractivity contribution in [2.45, 2.75) is 19.9 Å². The number of carbonyl (C=O) groups is 1. The molecule has 0 spiro atoms. The summed E-state index contributed by atoms with van der Waals surface area (Å²) in [5, 5.41) is 4.99. The molecule has 1 heterocycles. The average Bonchev–Trinajstić information content (AvgIpc) is 3.00. The van der Waals surface area contributed by atoms with Crippen molar-refractivity contribution in [3.05, 3.63) is 65.6 Å². The number of amides is 1. The third-order valence-corrected chi connectivity index (χ3v) is 3.85. The SMILES string of the molecule is COc1cc2ccccc2cc1C(=O)N[C@@H](C)c1ccc(C)o1. The van der Waals surface area contributed by atoms with E-state index in [2.05, 4.69) is 5.32 Å². The van der Waals surface area contributed by atoms with Gasteiger partial charge in [-0.2, -0.15) is 0 Å². The molecule has 3 aromatic rings. The molecule has 1 atom stereocenters. The van der Waals surface area contributed by atoms with E-state index in [0.717, 1.165) is 22.3 Å². The number of hydrogen-bond donors (Lipinski definition) is 1. The number of aryl methyl sites for hydroxylation is 1. The molecule has 23 heavy (non-hydrogen) atoms. The molecule has 0 radical (unpaired) electrons. The minimum Gasteiger partial charge on any atom is -0.496 e. The lowest BCUT2D eigenvalue weighted by atomic mass is 10.0. The molecule has 0 unspecified atom stereocenters. The number of carbonyl (C=O) groups excluding carboxylic acids is 1. The molecule has 2 aromatic carbocycles. The van der Waals surface area contributed by atoms with Crippen molar-refractivity contribution >= 4 is 16.7 Å². The smallest absolute Gasteiger partial charge is 0.255 e. The van der Waals surface area contributed by atoms with Crippen LogP contribution in [0.5, 0.6) is 5.75 Å². The van der Waals surface area contributed by atoms with Crippen LogP contribution in [0.25, 0.3) is 10.8 Å². The van der Waals surface area contributed by atoms with Gasteiger partial charge < -0.3 is 14.5 Å². The molecule has 0 aliphatic heterocycles. The molecule has 0 saturated carbocycles. The number of nitrogens with one attached hydrogen (secondary N) is 1. The fourth-order valence-electron chi connectivity index (χ4n) is 2.60. The van der Waals surface area contributed by atoms with Gasteiger partial charge in [-0.1, -0.05) is 24.3 Å². The van der Waals surface area contributed by atoms with Crippen molar-refractivity contribution in [2.75, 3.05) is 7.11 Å². The second kappa shape index (κ2) is 6.16. The predicted molar refractivity (Wildman–Crippen MR) is 89.8 cm³/mol. The van der Waals surface area contributed by atoms with Crippen LogP contribution in [0.2, 0.25) is 0 Å². The Kier molecular flexibility index (Phi) is 4.06. The van der Waals surface area contributed by atoms with Crippen LogP contribution < -0.4 is 10.1 Å². The molecular formula is C19H19NO3. The van der Waals surface area contributed by atoms with Crippen LogP contribution in [-0.2, 0) is 0 Å². The second-order valence-electron chi connectivity index (χ2n) is 5.54. The van der Waals surface area contributed by atoms with E-state index in [1.807, 2.05) is 62.4 Å². The van der Waals surface area contributed by atoms with E-state index in [4.69, 9.17) is 9.15 Å². The molecule has 1 N–H and O–H groups in total. The summed E-state index contributed by atoms with van der Waals surface area (Å²) in [5.74, 6) is 1.93. The summed E-state index contributed by atoms with van der Waals surface area (Å²) >= 11 is 0. The lowest BCUT2D eigenvalue weighted by Gasteiger charge is -2.14. The number of ether oxygens (including phenoxy) is 1. The van der Waals surface area contributed by atoms with Gasteiger partial charge in [-0.05, 0) is 48.9 Å². The Morgan fingerprint density at radius 2 is 1.83 bits per heavy atom. The monoisotopic (exact) mass is 309 g/mol.